The molecule has 1 saturated heterocycles. The third kappa shape index (κ3) is 6.73. The van der Waals surface area contributed by atoms with E-state index in [1.165, 1.54) is 4.90 Å². The minimum atomic E-state index is -1.04. The number of nitrogens with one attached hydrogen (secondary N) is 2. The highest BCUT2D eigenvalue weighted by Gasteiger charge is 2.47. The predicted molar refractivity (Wildman–Crippen MR) is 129 cm³/mol. The molecule has 1 fully saturated rings. The van der Waals surface area contributed by atoms with Crippen molar-refractivity contribution in [3.8, 4) is 5.75 Å². The number of likely N-dealkylation sites (tertiary alicyclic amines) is 1. The second kappa shape index (κ2) is 10.8. The van der Waals surface area contributed by atoms with Crippen molar-refractivity contribution >= 4 is 17.9 Å². The van der Waals surface area contributed by atoms with Crippen LogP contribution in [0.4, 0.5) is 4.79 Å². The molecule has 35 heavy (non-hydrogen) atoms. The summed E-state index contributed by atoms with van der Waals surface area (Å²) < 4.78 is 5.78. The first-order valence-electron chi connectivity index (χ1n) is 11.5. The number of hydrogen-bond donors (Lipinski definition) is 4. The van der Waals surface area contributed by atoms with Crippen molar-refractivity contribution in [3.05, 3.63) is 65.7 Å². The maximum atomic E-state index is 13.2. The van der Waals surface area contributed by atoms with Crippen LogP contribution in [0.15, 0.2) is 54.6 Å². The SMILES string of the molecule is CC(C)(C)C1CC(CC(=O)NO)(NC(=O)c2ccc(OCc3ccccc3)cc2)CCN1C(=O)O. The molecule has 9 nitrogen and oxygen atoms in total. The molecule has 0 aliphatic carbocycles. The molecule has 2 aromatic carbocycles. The number of carbonyl (C=O) groups is 3. The number of benzene rings is 2. The van der Waals surface area contributed by atoms with Gasteiger partial charge in [-0.15, -0.1) is 0 Å². The molecule has 9 heteroatoms. The van der Waals surface area contributed by atoms with Crippen LogP contribution in [-0.2, 0) is 11.4 Å². The molecule has 188 valence electrons. The van der Waals surface area contributed by atoms with Gasteiger partial charge < -0.3 is 20.1 Å². The van der Waals surface area contributed by atoms with Gasteiger partial charge >= 0.3 is 6.09 Å². The van der Waals surface area contributed by atoms with Gasteiger partial charge in [-0.05, 0) is 48.1 Å². The highest BCUT2D eigenvalue weighted by Crippen LogP contribution is 2.38. The minimum absolute atomic E-state index is 0.155. The van der Waals surface area contributed by atoms with Crippen molar-refractivity contribution in [1.29, 1.82) is 0 Å². The quantitative estimate of drug-likeness (QED) is 0.350. The van der Waals surface area contributed by atoms with Gasteiger partial charge in [-0.25, -0.2) is 10.3 Å². The molecule has 1 aliphatic heterocycles. The van der Waals surface area contributed by atoms with E-state index in [1.807, 2.05) is 51.1 Å². The van der Waals surface area contributed by atoms with Crippen LogP contribution in [0, 0.1) is 5.41 Å². The van der Waals surface area contributed by atoms with Gasteiger partial charge in [0, 0.05) is 18.2 Å². The van der Waals surface area contributed by atoms with E-state index < -0.39 is 29.0 Å². The van der Waals surface area contributed by atoms with Gasteiger partial charge in [-0.1, -0.05) is 51.1 Å². The molecule has 2 atom stereocenters. The van der Waals surface area contributed by atoms with Crippen LogP contribution in [0.2, 0.25) is 0 Å². The fourth-order valence-corrected chi connectivity index (χ4v) is 4.50. The lowest BCUT2D eigenvalue weighted by atomic mass is 9.72. The first-order chi connectivity index (χ1) is 16.5. The average Bonchev–Trinajstić information content (AvgIpc) is 2.82. The molecule has 1 aliphatic rings. The Bertz CT molecular complexity index is 1040. The highest BCUT2D eigenvalue weighted by atomic mass is 16.5. The molecule has 0 spiro atoms. The molecule has 0 bridgehead atoms. The molecule has 2 unspecified atom stereocenters. The van der Waals surface area contributed by atoms with Crippen LogP contribution in [0.25, 0.3) is 0 Å². The molecule has 3 amide bonds. The van der Waals surface area contributed by atoms with E-state index in [0.29, 0.717) is 17.9 Å². The maximum absolute atomic E-state index is 13.2. The summed E-state index contributed by atoms with van der Waals surface area (Å²) in [4.78, 5) is 38.5. The molecule has 2 aromatic rings. The summed E-state index contributed by atoms with van der Waals surface area (Å²) in [5.41, 5.74) is 1.60. The van der Waals surface area contributed by atoms with E-state index >= 15 is 0 Å². The Kier molecular flexibility index (Phi) is 8.01. The maximum Gasteiger partial charge on any atom is 0.407 e. The Hall–Kier alpha value is -3.59. The van der Waals surface area contributed by atoms with Crippen molar-refractivity contribution in [2.24, 2.45) is 5.41 Å². The number of rotatable bonds is 7. The predicted octanol–water partition coefficient (Wildman–Crippen LogP) is 3.82. The molecule has 0 saturated carbocycles. The van der Waals surface area contributed by atoms with Crippen LogP contribution < -0.4 is 15.5 Å². The number of nitrogens with zero attached hydrogens (tertiary/aromatic N) is 1. The zero-order chi connectivity index (χ0) is 25.6. The first-order valence-corrected chi connectivity index (χ1v) is 11.5. The number of carbonyl (C=O) groups excluding carboxylic acids is 2. The Labute approximate surface area is 205 Å². The smallest absolute Gasteiger partial charge is 0.407 e. The average molecular weight is 484 g/mol. The molecule has 4 N–H and O–H groups in total. The third-order valence-corrected chi connectivity index (χ3v) is 6.40. The van der Waals surface area contributed by atoms with E-state index in [9.17, 15) is 19.5 Å². The van der Waals surface area contributed by atoms with Gasteiger partial charge in [0.25, 0.3) is 5.91 Å². The normalized spacial score (nSPS) is 20.1. The van der Waals surface area contributed by atoms with E-state index in [0.717, 1.165) is 5.56 Å². The standard InChI is InChI=1S/C26H33N3O6/c1-25(2,3)21-15-26(16-22(30)28-34,13-14-29(21)24(32)33)27-23(31)19-9-11-20(12-10-19)35-17-18-7-5-4-6-8-18/h4-12,21,34H,13-17H2,1-3H3,(H,27,31)(H,28,30)(H,32,33). The molecule has 3 rings (SSSR count). The van der Waals surface area contributed by atoms with Gasteiger partial charge in [0.15, 0.2) is 0 Å². The van der Waals surface area contributed by atoms with Crippen LogP contribution >= 0.6 is 0 Å². The van der Waals surface area contributed by atoms with Gasteiger partial charge in [0.2, 0.25) is 5.91 Å². The van der Waals surface area contributed by atoms with Crippen LogP contribution in [-0.4, -0.2) is 51.2 Å². The second-order valence-electron chi connectivity index (χ2n) is 10.1. The van der Waals surface area contributed by atoms with E-state index in [-0.39, 0.29) is 31.7 Å². The number of piperidine rings is 1. The summed E-state index contributed by atoms with van der Waals surface area (Å²) in [7, 11) is 0. The summed E-state index contributed by atoms with van der Waals surface area (Å²) in [6, 6.07) is 16.0. The number of hydrogen-bond acceptors (Lipinski definition) is 5. The van der Waals surface area contributed by atoms with Crippen LogP contribution in [0.1, 0.15) is 56.0 Å². The van der Waals surface area contributed by atoms with E-state index in [1.54, 1.807) is 29.7 Å². The largest absolute Gasteiger partial charge is 0.489 e. The minimum Gasteiger partial charge on any atom is -0.489 e. The summed E-state index contributed by atoms with van der Waals surface area (Å²) in [5, 5.41) is 21.8. The summed E-state index contributed by atoms with van der Waals surface area (Å²) in [6.07, 6.45) is -0.737. The lowest BCUT2D eigenvalue weighted by molar-refractivity contribution is -0.131. The molecular formula is C26H33N3O6. The van der Waals surface area contributed by atoms with Crippen molar-refractivity contribution in [3.63, 3.8) is 0 Å². The Morgan fingerprint density at radius 3 is 2.31 bits per heavy atom. The Morgan fingerprint density at radius 2 is 1.74 bits per heavy atom. The van der Waals surface area contributed by atoms with Gasteiger partial charge in [0.1, 0.15) is 12.4 Å². The molecule has 0 radical (unpaired) electrons. The first kappa shape index (κ1) is 26.0. The highest BCUT2D eigenvalue weighted by molar-refractivity contribution is 5.95. The van der Waals surface area contributed by atoms with Crippen LogP contribution in [0.5, 0.6) is 5.75 Å². The van der Waals surface area contributed by atoms with Gasteiger partial charge in [-0.3, -0.25) is 14.8 Å². The number of hydroxylamine groups is 1. The van der Waals surface area contributed by atoms with Gasteiger partial charge in [-0.2, -0.15) is 0 Å². The Morgan fingerprint density at radius 1 is 1.09 bits per heavy atom. The third-order valence-electron chi connectivity index (χ3n) is 6.40. The topological polar surface area (TPSA) is 128 Å². The van der Waals surface area contributed by atoms with Crippen molar-refractivity contribution in [1.82, 2.24) is 15.7 Å². The number of carboxylic acid groups (broad SMARTS) is 1. The summed E-state index contributed by atoms with van der Waals surface area (Å²) in [6.45, 7) is 6.33. The summed E-state index contributed by atoms with van der Waals surface area (Å²) >= 11 is 0. The lowest BCUT2D eigenvalue weighted by Gasteiger charge is -2.50. The van der Waals surface area contributed by atoms with Crippen molar-refractivity contribution < 1.29 is 29.4 Å². The Balaban J connectivity index is 1.76. The number of amides is 3. The number of ether oxygens (including phenoxy) is 1. The fourth-order valence-electron chi connectivity index (χ4n) is 4.50. The molecular weight excluding hydrogens is 450 g/mol. The zero-order valence-electron chi connectivity index (χ0n) is 20.3. The van der Waals surface area contributed by atoms with Crippen LogP contribution in [0.3, 0.4) is 0 Å². The van der Waals surface area contributed by atoms with Crippen molar-refractivity contribution in [2.75, 3.05) is 6.54 Å². The van der Waals surface area contributed by atoms with E-state index in [2.05, 4.69) is 5.32 Å². The monoisotopic (exact) mass is 483 g/mol. The van der Waals surface area contributed by atoms with E-state index in [4.69, 9.17) is 9.94 Å². The zero-order valence-corrected chi connectivity index (χ0v) is 20.3. The lowest BCUT2D eigenvalue weighted by Crippen LogP contribution is -2.63. The second-order valence-corrected chi connectivity index (χ2v) is 10.1. The molecule has 1 heterocycles. The fraction of sp³-hybridized carbons (Fsp3) is 0.423. The van der Waals surface area contributed by atoms with Gasteiger partial charge in [0.05, 0.1) is 12.0 Å². The van der Waals surface area contributed by atoms with Crippen molar-refractivity contribution in [2.45, 2.75) is 58.2 Å². The molecule has 0 aromatic heterocycles. The summed E-state index contributed by atoms with van der Waals surface area (Å²) in [5.74, 6) is -0.421.